The van der Waals surface area contributed by atoms with Crippen molar-refractivity contribution in [2.75, 3.05) is 19.0 Å². The first-order chi connectivity index (χ1) is 32.4. The molecule has 10 rings (SSSR count). The molecule has 66 heavy (non-hydrogen) atoms. The second kappa shape index (κ2) is 18.8. The number of fused-ring (bicyclic) bond motifs is 6. The van der Waals surface area contributed by atoms with Gasteiger partial charge in [0.1, 0.15) is 7.05 Å². The molecular weight excluding hydrogens is 865 g/mol. The van der Waals surface area contributed by atoms with Crippen molar-refractivity contribution in [1.82, 2.24) is 0 Å². The Labute approximate surface area is 398 Å². The largest absolute Gasteiger partial charge is 0.347 e. The van der Waals surface area contributed by atoms with Crippen molar-refractivity contribution in [1.29, 1.82) is 0 Å². The van der Waals surface area contributed by atoms with Gasteiger partial charge in [-0.15, -0.1) is 0 Å². The van der Waals surface area contributed by atoms with Crippen LogP contribution in [0.25, 0.3) is 21.5 Å². The minimum atomic E-state index is -0.295. The van der Waals surface area contributed by atoms with E-state index in [4.69, 9.17) is 0 Å². The molecule has 2 heterocycles. The Morgan fingerprint density at radius 2 is 0.970 bits per heavy atom. The van der Waals surface area contributed by atoms with Crippen LogP contribution in [0.5, 0.6) is 0 Å². The molecule has 322 valence electrons. The van der Waals surface area contributed by atoms with Crippen LogP contribution in [0.2, 0.25) is 0 Å². The van der Waals surface area contributed by atoms with Gasteiger partial charge in [-0.05, 0) is 105 Å². The van der Waals surface area contributed by atoms with Gasteiger partial charge in [-0.2, -0.15) is 4.58 Å². The van der Waals surface area contributed by atoms with Gasteiger partial charge in [0.2, 0.25) is 5.69 Å². The summed E-state index contributed by atoms with van der Waals surface area (Å²) in [6, 6.07) is 71.0. The summed E-state index contributed by atoms with van der Waals surface area (Å²) < 4.78 is 3.42. The smallest absolute Gasteiger partial charge is 0.210 e. The minimum Gasteiger partial charge on any atom is -0.347 e. The first kappa shape index (κ1) is 42.9. The maximum atomic E-state index is 3.89. The molecule has 0 aliphatic carbocycles. The zero-order valence-corrected chi connectivity index (χ0v) is 39.3. The minimum absolute atomic E-state index is 0.295. The van der Waals surface area contributed by atoms with E-state index in [1.165, 1.54) is 77.7 Å². The van der Waals surface area contributed by atoms with E-state index in [2.05, 4.69) is 282 Å². The Morgan fingerprint density at radius 3 is 1.52 bits per heavy atom. The van der Waals surface area contributed by atoms with Crippen LogP contribution in [0.4, 0.5) is 11.4 Å². The molecule has 2 nitrogen and oxygen atoms in total. The van der Waals surface area contributed by atoms with Crippen molar-refractivity contribution in [2.45, 2.75) is 36.5 Å². The van der Waals surface area contributed by atoms with Gasteiger partial charge in [-0.3, -0.25) is 0 Å². The van der Waals surface area contributed by atoms with Gasteiger partial charge < -0.3 is 4.90 Å². The highest BCUT2D eigenvalue weighted by atomic mass is 79.9. The molecule has 0 N–H and O–H groups in total. The second-order valence-corrected chi connectivity index (χ2v) is 18.8. The molecule has 0 radical (unpaired) electrons. The Hall–Kier alpha value is -7.07. The standard InChI is InChI=1S/C63H54BrN2/c1-65-56-41-39-51-31-15-19-35-54(51)60(56)62(43-47-23-7-3-8-24-47,44-48-25-9-4-10-26-48)58(65)37-21-17-33-53(64)34-18-22-38-59-63(45-49-27-11-5-12-28-49,46-50-29-13-6-14-30-50)61-55-36-20-16-32-52(55)40-42-57(61)66(59)2/h3-42H,43-46H2,1-2H3/q+1. The zero-order valence-electron chi connectivity index (χ0n) is 37.7. The Bertz CT molecular complexity index is 3130. The lowest BCUT2D eigenvalue weighted by Gasteiger charge is -2.34. The molecule has 8 aromatic rings. The maximum absolute atomic E-state index is 3.89. The fraction of sp³-hybridized carbons (Fsp3) is 0.127. The lowest BCUT2D eigenvalue weighted by molar-refractivity contribution is -0.401. The van der Waals surface area contributed by atoms with Crippen LogP contribution in [-0.4, -0.2) is 24.4 Å². The lowest BCUT2D eigenvalue weighted by Crippen LogP contribution is -2.39. The van der Waals surface area contributed by atoms with Crippen LogP contribution in [0.1, 0.15) is 33.4 Å². The van der Waals surface area contributed by atoms with Crippen LogP contribution in [-0.2, 0) is 36.5 Å². The van der Waals surface area contributed by atoms with Crippen molar-refractivity contribution >= 4 is 54.6 Å². The lowest BCUT2D eigenvalue weighted by atomic mass is 9.68. The third-order valence-electron chi connectivity index (χ3n) is 13.8. The van der Waals surface area contributed by atoms with Crippen LogP contribution in [0, 0.1) is 0 Å². The molecule has 8 aromatic carbocycles. The summed E-state index contributed by atoms with van der Waals surface area (Å²) in [4.78, 5) is 2.43. The molecule has 0 unspecified atom stereocenters. The fourth-order valence-corrected chi connectivity index (χ4v) is 11.4. The van der Waals surface area contributed by atoms with E-state index in [0.29, 0.717) is 0 Å². The van der Waals surface area contributed by atoms with Crippen molar-refractivity contribution < 1.29 is 4.58 Å². The third kappa shape index (κ3) is 8.25. The Morgan fingerprint density at radius 1 is 0.500 bits per heavy atom. The normalized spacial score (nSPS) is 16.1. The highest BCUT2D eigenvalue weighted by molar-refractivity contribution is 9.11. The molecule has 0 bridgehead atoms. The first-order valence-electron chi connectivity index (χ1n) is 23.1. The summed E-state index contributed by atoms with van der Waals surface area (Å²) in [5.74, 6) is 0. The number of allylic oxidation sites excluding steroid dienone is 10. The number of benzene rings is 8. The van der Waals surface area contributed by atoms with Crippen molar-refractivity contribution in [3.63, 3.8) is 0 Å². The Kier molecular flexibility index (Phi) is 12.2. The first-order valence-corrected chi connectivity index (χ1v) is 23.9. The van der Waals surface area contributed by atoms with Gasteiger partial charge in [0.25, 0.3) is 0 Å². The summed E-state index contributed by atoms with van der Waals surface area (Å²) in [6.45, 7) is 0. The van der Waals surface area contributed by atoms with E-state index >= 15 is 0 Å². The van der Waals surface area contributed by atoms with Crippen molar-refractivity contribution in [3.8, 4) is 0 Å². The molecule has 3 heteroatoms. The molecule has 0 spiro atoms. The molecule has 2 aliphatic heterocycles. The molecule has 0 amide bonds. The highest BCUT2D eigenvalue weighted by Gasteiger charge is 2.51. The van der Waals surface area contributed by atoms with Crippen LogP contribution >= 0.6 is 15.9 Å². The monoisotopic (exact) mass is 917 g/mol. The van der Waals surface area contributed by atoms with Gasteiger partial charge in [0, 0.05) is 46.0 Å². The average Bonchev–Trinajstić information content (AvgIpc) is 3.72. The number of hydrogen-bond acceptors (Lipinski definition) is 1. The number of likely N-dealkylation sites (N-methyl/N-ethyl adjacent to an activating group) is 1. The Balaban J connectivity index is 0.988. The molecule has 2 aliphatic rings. The van der Waals surface area contributed by atoms with Crippen LogP contribution in [0.3, 0.4) is 0 Å². The molecule has 0 saturated carbocycles. The number of nitrogens with zero attached hydrogens (tertiary/aromatic N) is 2. The van der Waals surface area contributed by atoms with E-state index in [-0.39, 0.29) is 10.8 Å². The zero-order chi connectivity index (χ0) is 44.9. The number of rotatable bonds is 13. The number of hydrogen-bond donors (Lipinski definition) is 0. The van der Waals surface area contributed by atoms with Gasteiger partial charge >= 0.3 is 0 Å². The third-order valence-corrected chi connectivity index (χ3v) is 14.4. The number of halogens is 1. The van der Waals surface area contributed by atoms with Crippen molar-refractivity contribution in [2.24, 2.45) is 0 Å². The molecule has 0 atom stereocenters. The van der Waals surface area contributed by atoms with Crippen molar-refractivity contribution in [3.05, 3.63) is 286 Å². The van der Waals surface area contributed by atoms with E-state index in [1.807, 2.05) is 0 Å². The summed E-state index contributed by atoms with van der Waals surface area (Å²) in [7, 11) is 4.47. The topological polar surface area (TPSA) is 6.25 Å². The van der Waals surface area contributed by atoms with E-state index in [9.17, 15) is 0 Å². The molecule has 0 saturated heterocycles. The summed E-state index contributed by atoms with van der Waals surface area (Å²) in [5, 5.41) is 5.18. The predicted octanol–water partition coefficient (Wildman–Crippen LogP) is 15.1. The summed E-state index contributed by atoms with van der Waals surface area (Å²) in [6.07, 6.45) is 21.2. The predicted molar refractivity (Wildman–Crippen MR) is 284 cm³/mol. The quantitative estimate of drug-likeness (QED) is 0.0825. The van der Waals surface area contributed by atoms with Gasteiger partial charge in [0.05, 0.1) is 5.41 Å². The SMILES string of the molecule is CN1C(=CC=C\C=C(Br)/C=C\C=C\C2=[N+](C)c3ccc4ccccc4c3C2(Cc2ccccc2)Cc2ccccc2)C(Cc2ccccc2)(Cc2ccccc2)c2c1ccc1ccccc21. The number of anilines is 1. The maximum Gasteiger partial charge on any atom is 0.210 e. The molecular formula is C63H54BrN2+. The fourth-order valence-electron chi connectivity index (χ4n) is 11.0. The van der Waals surface area contributed by atoms with E-state index in [1.54, 1.807) is 0 Å². The average molecular weight is 919 g/mol. The van der Waals surface area contributed by atoms with Gasteiger partial charge in [-0.25, -0.2) is 0 Å². The van der Waals surface area contributed by atoms with E-state index < -0.39 is 0 Å². The van der Waals surface area contributed by atoms with Crippen LogP contribution < -0.4 is 4.90 Å². The van der Waals surface area contributed by atoms with Gasteiger partial charge in [0.15, 0.2) is 5.71 Å². The van der Waals surface area contributed by atoms with E-state index in [0.717, 1.165) is 30.2 Å². The molecule has 0 fully saturated rings. The second-order valence-electron chi connectivity index (χ2n) is 17.9. The summed E-state index contributed by atoms with van der Waals surface area (Å²) >= 11 is 3.89. The summed E-state index contributed by atoms with van der Waals surface area (Å²) in [5.41, 5.74) is 12.7. The van der Waals surface area contributed by atoms with Gasteiger partial charge in [-0.1, -0.05) is 216 Å². The highest BCUT2D eigenvalue weighted by Crippen LogP contribution is 2.54. The van der Waals surface area contributed by atoms with Crippen LogP contribution in [0.15, 0.2) is 253 Å². The molecule has 0 aromatic heterocycles.